The third-order valence-corrected chi connectivity index (χ3v) is 4.10. The molecule has 0 unspecified atom stereocenters. The third-order valence-electron chi connectivity index (χ3n) is 3.64. The fraction of sp³-hybridized carbons (Fsp3) is 0.200. The lowest BCUT2D eigenvalue weighted by Crippen LogP contribution is -1.99. The van der Waals surface area contributed by atoms with Crippen LogP contribution in [0, 0.1) is 0 Å². The van der Waals surface area contributed by atoms with Gasteiger partial charge < -0.3 is 0 Å². The minimum absolute atomic E-state index is 0.312. The fourth-order valence-electron chi connectivity index (χ4n) is 2.42. The molecule has 0 N–H and O–H groups in total. The average molecular weight is 359 g/mol. The van der Waals surface area contributed by atoms with Crippen LogP contribution in [0.3, 0.4) is 0 Å². The van der Waals surface area contributed by atoms with Crippen molar-refractivity contribution in [2.24, 2.45) is 9.98 Å². The van der Waals surface area contributed by atoms with Crippen LogP contribution in [0.5, 0.6) is 0 Å². The molecule has 0 fully saturated rings. The Kier molecular flexibility index (Phi) is 6.77. The molecule has 24 heavy (non-hydrogen) atoms. The van der Waals surface area contributed by atoms with Gasteiger partial charge in [0.25, 0.3) is 0 Å². The first-order valence-electron chi connectivity index (χ1n) is 7.75. The highest BCUT2D eigenvalue weighted by Gasteiger charge is 2.13. The van der Waals surface area contributed by atoms with Crippen LogP contribution in [0.25, 0.3) is 5.57 Å². The van der Waals surface area contributed by atoms with E-state index < -0.39 is 0 Å². The molecular weight excluding hydrogens is 339 g/mol. The molecule has 1 aliphatic heterocycles. The molecule has 0 aliphatic carbocycles. The molecule has 0 saturated carbocycles. The van der Waals surface area contributed by atoms with E-state index in [9.17, 15) is 0 Å². The van der Waals surface area contributed by atoms with E-state index in [-0.39, 0.29) is 0 Å². The van der Waals surface area contributed by atoms with Crippen LogP contribution >= 0.6 is 23.2 Å². The van der Waals surface area contributed by atoms with E-state index in [4.69, 9.17) is 23.2 Å². The predicted molar refractivity (Wildman–Crippen MR) is 107 cm³/mol. The van der Waals surface area contributed by atoms with E-state index in [1.165, 1.54) is 0 Å². The van der Waals surface area contributed by atoms with E-state index in [2.05, 4.69) is 22.6 Å². The Balaban J connectivity index is 2.38. The lowest BCUT2D eigenvalue weighted by Gasteiger charge is -2.11. The van der Waals surface area contributed by atoms with E-state index in [0.29, 0.717) is 21.5 Å². The summed E-state index contributed by atoms with van der Waals surface area (Å²) in [6.07, 6.45) is 7.68. The summed E-state index contributed by atoms with van der Waals surface area (Å²) in [7, 11) is 0. The molecule has 1 aromatic carbocycles. The number of halogens is 2. The molecule has 124 valence electrons. The third kappa shape index (κ3) is 4.80. The molecule has 2 nitrogen and oxygen atoms in total. The molecule has 0 radical (unpaired) electrons. The van der Waals surface area contributed by atoms with Gasteiger partial charge in [0.1, 0.15) is 5.17 Å². The van der Waals surface area contributed by atoms with Crippen LogP contribution < -0.4 is 0 Å². The van der Waals surface area contributed by atoms with Crippen molar-refractivity contribution in [1.82, 2.24) is 0 Å². The zero-order chi connectivity index (χ0) is 17.5. The van der Waals surface area contributed by atoms with Gasteiger partial charge in [0.2, 0.25) is 0 Å². The van der Waals surface area contributed by atoms with Crippen LogP contribution in [0.2, 0.25) is 0 Å². The van der Waals surface area contributed by atoms with Crippen molar-refractivity contribution in [3.05, 3.63) is 76.6 Å². The Morgan fingerprint density at radius 1 is 1.21 bits per heavy atom. The quantitative estimate of drug-likeness (QED) is 0.548. The zero-order valence-electron chi connectivity index (χ0n) is 13.9. The zero-order valence-corrected chi connectivity index (χ0v) is 15.4. The predicted octanol–water partition coefficient (Wildman–Crippen LogP) is 6.50. The summed E-state index contributed by atoms with van der Waals surface area (Å²) in [5.74, 6) is 0. The topological polar surface area (TPSA) is 24.7 Å². The Morgan fingerprint density at radius 2 is 1.92 bits per heavy atom. The lowest BCUT2D eigenvalue weighted by molar-refractivity contribution is 0.947. The smallest absolute Gasteiger partial charge is 0.138 e. The van der Waals surface area contributed by atoms with Crippen molar-refractivity contribution >= 4 is 40.2 Å². The monoisotopic (exact) mass is 358 g/mol. The molecule has 0 amide bonds. The average Bonchev–Trinajstić information content (AvgIpc) is 2.52. The van der Waals surface area contributed by atoms with Gasteiger partial charge in [-0.1, -0.05) is 66.2 Å². The molecule has 0 bridgehead atoms. The highest BCUT2D eigenvalue weighted by molar-refractivity contribution is 6.77. The normalized spacial score (nSPS) is 17.9. The first kappa shape index (κ1) is 18.4. The molecule has 0 aromatic heterocycles. The number of aliphatic imine (C=N–C) groups is 2. The summed E-state index contributed by atoms with van der Waals surface area (Å²) in [5, 5.41) is 0.893. The van der Waals surface area contributed by atoms with Crippen molar-refractivity contribution in [3.8, 4) is 0 Å². The first-order valence-corrected chi connectivity index (χ1v) is 8.51. The van der Waals surface area contributed by atoms with Gasteiger partial charge in [0.15, 0.2) is 0 Å². The van der Waals surface area contributed by atoms with Crippen molar-refractivity contribution in [2.75, 3.05) is 0 Å². The Bertz CT molecular complexity index is 762. The van der Waals surface area contributed by atoms with Gasteiger partial charge in [-0.05, 0) is 43.9 Å². The maximum Gasteiger partial charge on any atom is 0.138 e. The highest BCUT2D eigenvalue weighted by Crippen LogP contribution is 2.27. The Morgan fingerprint density at radius 3 is 2.58 bits per heavy atom. The largest absolute Gasteiger partial charge is 0.255 e. The van der Waals surface area contributed by atoms with Gasteiger partial charge in [0.05, 0.1) is 11.4 Å². The Hall–Kier alpha value is -1.90. The minimum atomic E-state index is 0.312. The van der Waals surface area contributed by atoms with Gasteiger partial charge >= 0.3 is 0 Å². The number of benzene rings is 1. The molecule has 4 heteroatoms. The van der Waals surface area contributed by atoms with Crippen LogP contribution in [0.15, 0.2) is 81.0 Å². The van der Waals surface area contributed by atoms with E-state index in [1.54, 1.807) is 13.1 Å². The SMILES string of the molecule is C=C(N=C(Cl)/C(=C(\C)Cl)c1ccccc1)C1=C(C)CC/C=C\C=N1. The summed E-state index contributed by atoms with van der Waals surface area (Å²) < 4.78 is 0. The summed E-state index contributed by atoms with van der Waals surface area (Å²) in [4.78, 5) is 8.92. The molecule has 0 atom stereocenters. The van der Waals surface area contributed by atoms with E-state index in [0.717, 1.165) is 29.7 Å². The van der Waals surface area contributed by atoms with Gasteiger partial charge in [-0.3, -0.25) is 4.99 Å². The van der Waals surface area contributed by atoms with Crippen molar-refractivity contribution in [2.45, 2.75) is 26.7 Å². The molecule has 2 rings (SSSR count). The molecular formula is C20H20Cl2N2. The summed E-state index contributed by atoms with van der Waals surface area (Å²) in [5.41, 5.74) is 4.07. The number of nitrogens with zero attached hydrogens (tertiary/aromatic N) is 2. The number of rotatable bonds is 4. The van der Waals surface area contributed by atoms with Gasteiger partial charge in [-0.15, -0.1) is 0 Å². The van der Waals surface area contributed by atoms with Crippen LogP contribution in [-0.2, 0) is 0 Å². The second-order valence-electron chi connectivity index (χ2n) is 5.50. The number of allylic oxidation sites excluding steroid dienone is 5. The maximum absolute atomic E-state index is 6.47. The Labute approximate surface area is 153 Å². The fourth-order valence-corrected chi connectivity index (χ4v) is 3.02. The highest BCUT2D eigenvalue weighted by atomic mass is 35.5. The van der Waals surface area contributed by atoms with Crippen LogP contribution in [0.4, 0.5) is 0 Å². The van der Waals surface area contributed by atoms with Gasteiger partial charge in [0, 0.05) is 16.8 Å². The van der Waals surface area contributed by atoms with Crippen molar-refractivity contribution in [1.29, 1.82) is 0 Å². The standard InChI is InChI=1S/C20H20Cl2N2/c1-14-10-6-5-9-13-23-19(14)16(3)24-20(22)18(15(2)21)17-11-7-4-8-12-17/h4-5,7-9,11-13H,3,6,10H2,1-2H3/b9-5-,18-15+,19-14?,23-13?,24-20?. The summed E-state index contributed by atoms with van der Waals surface area (Å²) in [6, 6.07) is 9.72. The number of hydrogen-bond acceptors (Lipinski definition) is 2. The lowest BCUT2D eigenvalue weighted by atomic mass is 10.1. The summed E-state index contributed by atoms with van der Waals surface area (Å²) in [6.45, 7) is 7.89. The molecule has 1 aliphatic rings. The van der Waals surface area contributed by atoms with Gasteiger partial charge in [-0.2, -0.15) is 0 Å². The second-order valence-corrected chi connectivity index (χ2v) is 6.42. The first-order chi connectivity index (χ1) is 11.5. The molecule has 0 spiro atoms. The second kappa shape index (κ2) is 8.81. The van der Waals surface area contributed by atoms with Crippen molar-refractivity contribution in [3.63, 3.8) is 0 Å². The van der Waals surface area contributed by atoms with Crippen LogP contribution in [-0.4, -0.2) is 11.4 Å². The minimum Gasteiger partial charge on any atom is -0.255 e. The van der Waals surface area contributed by atoms with Gasteiger partial charge in [-0.25, -0.2) is 4.99 Å². The maximum atomic E-state index is 6.47. The van der Waals surface area contributed by atoms with E-state index >= 15 is 0 Å². The van der Waals surface area contributed by atoms with E-state index in [1.807, 2.05) is 43.3 Å². The number of hydrogen-bond donors (Lipinski definition) is 0. The summed E-state index contributed by atoms with van der Waals surface area (Å²) >= 11 is 12.7. The van der Waals surface area contributed by atoms with Crippen LogP contribution in [0.1, 0.15) is 32.3 Å². The molecule has 0 saturated heterocycles. The molecule has 1 aromatic rings. The van der Waals surface area contributed by atoms with Crippen molar-refractivity contribution < 1.29 is 0 Å². The molecule has 1 heterocycles.